The summed E-state index contributed by atoms with van der Waals surface area (Å²) in [4.78, 5) is 11.8. The SMILES string of the molecule is CCOC(=O)[C@@H](C)c1cc(OC)c(OC)c(OC)c1. The van der Waals surface area contributed by atoms with Crippen LogP contribution < -0.4 is 14.2 Å². The zero-order chi connectivity index (χ0) is 14.4. The van der Waals surface area contributed by atoms with E-state index < -0.39 is 5.92 Å². The average molecular weight is 268 g/mol. The van der Waals surface area contributed by atoms with Crippen LogP contribution in [0, 0.1) is 0 Å². The molecular weight excluding hydrogens is 248 g/mol. The lowest BCUT2D eigenvalue weighted by molar-refractivity contribution is -0.144. The van der Waals surface area contributed by atoms with E-state index in [1.54, 1.807) is 26.0 Å². The van der Waals surface area contributed by atoms with Crippen LogP contribution in [0.15, 0.2) is 12.1 Å². The van der Waals surface area contributed by atoms with Crippen molar-refractivity contribution in [2.75, 3.05) is 27.9 Å². The second kappa shape index (κ2) is 6.87. The third-order valence-electron chi connectivity index (χ3n) is 2.83. The Hall–Kier alpha value is -1.91. The molecule has 0 aliphatic heterocycles. The Morgan fingerprint density at radius 1 is 1.11 bits per heavy atom. The van der Waals surface area contributed by atoms with E-state index in [1.165, 1.54) is 21.3 Å². The van der Waals surface area contributed by atoms with E-state index in [1.807, 2.05) is 0 Å². The van der Waals surface area contributed by atoms with Crippen LogP contribution in [-0.2, 0) is 9.53 Å². The molecular formula is C14H20O5. The van der Waals surface area contributed by atoms with Crippen molar-refractivity contribution in [3.63, 3.8) is 0 Å². The Morgan fingerprint density at radius 3 is 2.00 bits per heavy atom. The van der Waals surface area contributed by atoms with Gasteiger partial charge in [-0.1, -0.05) is 0 Å². The van der Waals surface area contributed by atoms with Gasteiger partial charge < -0.3 is 18.9 Å². The monoisotopic (exact) mass is 268 g/mol. The molecule has 0 aromatic heterocycles. The predicted molar refractivity (Wildman–Crippen MR) is 71.1 cm³/mol. The van der Waals surface area contributed by atoms with Gasteiger partial charge in [-0.2, -0.15) is 0 Å². The highest BCUT2D eigenvalue weighted by molar-refractivity contribution is 5.78. The molecule has 0 bridgehead atoms. The van der Waals surface area contributed by atoms with Crippen LogP contribution in [0.4, 0.5) is 0 Å². The van der Waals surface area contributed by atoms with Gasteiger partial charge in [-0.25, -0.2) is 0 Å². The third kappa shape index (κ3) is 3.30. The lowest BCUT2D eigenvalue weighted by Crippen LogP contribution is -2.13. The second-order valence-corrected chi connectivity index (χ2v) is 3.93. The molecule has 1 aromatic rings. The van der Waals surface area contributed by atoms with Crippen molar-refractivity contribution in [3.8, 4) is 17.2 Å². The summed E-state index contributed by atoms with van der Waals surface area (Å²) in [5, 5.41) is 0. The maximum Gasteiger partial charge on any atom is 0.313 e. The molecule has 0 unspecified atom stereocenters. The predicted octanol–water partition coefficient (Wildman–Crippen LogP) is 2.38. The van der Waals surface area contributed by atoms with Gasteiger partial charge in [0.15, 0.2) is 11.5 Å². The summed E-state index contributed by atoms with van der Waals surface area (Å²) >= 11 is 0. The topological polar surface area (TPSA) is 54.0 Å². The van der Waals surface area contributed by atoms with Crippen LogP contribution in [0.25, 0.3) is 0 Å². The van der Waals surface area contributed by atoms with E-state index in [-0.39, 0.29) is 5.97 Å². The zero-order valence-corrected chi connectivity index (χ0v) is 12.0. The van der Waals surface area contributed by atoms with E-state index >= 15 is 0 Å². The number of ether oxygens (including phenoxy) is 4. The van der Waals surface area contributed by atoms with E-state index in [4.69, 9.17) is 18.9 Å². The number of hydrogen-bond donors (Lipinski definition) is 0. The number of esters is 1. The Morgan fingerprint density at radius 2 is 1.63 bits per heavy atom. The van der Waals surface area contributed by atoms with Gasteiger partial charge in [-0.15, -0.1) is 0 Å². The van der Waals surface area contributed by atoms with E-state index in [0.717, 1.165) is 5.56 Å². The van der Waals surface area contributed by atoms with Crippen LogP contribution in [0.5, 0.6) is 17.2 Å². The molecule has 0 amide bonds. The van der Waals surface area contributed by atoms with Crippen LogP contribution in [-0.4, -0.2) is 33.9 Å². The first kappa shape index (κ1) is 15.1. The Bertz CT molecular complexity index is 416. The summed E-state index contributed by atoms with van der Waals surface area (Å²) in [5.74, 6) is 0.872. The maximum absolute atomic E-state index is 11.8. The van der Waals surface area contributed by atoms with Gasteiger partial charge in [0.25, 0.3) is 0 Å². The number of methoxy groups -OCH3 is 3. The molecule has 19 heavy (non-hydrogen) atoms. The average Bonchev–Trinajstić information content (AvgIpc) is 2.44. The van der Waals surface area contributed by atoms with Crippen molar-refractivity contribution in [3.05, 3.63) is 17.7 Å². The summed E-state index contributed by atoms with van der Waals surface area (Å²) in [7, 11) is 4.61. The van der Waals surface area contributed by atoms with Crippen LogP contribution >= 0.6 is 0 Å². The maximum atomic E-state index is 11.8. The van der Waals surface area contributed by atoms with Crippen LogP contribution in [0.2, 0.25) is 0 Å². The molecule has 0 spiro atoms. The molecule has 1 atom stereocenters. The van der Waals surface area contributed by atoms with E-state index in [9.17, 15) is 4.79 Å². The summed E-state index contributed by atoms with van der Waals surface area (Å²) < 4.78 is 20.7. The van der Waals surface area contributed by atoms with Crippen LogP contribution in [0.1, 0.15) is 25.3 Å². The molecule has 5 nitrogen and oxygen atoms in total. The molecule has 106 valence electrons. The minimum absolute atomic E-state index is 0.281. The van der Waals surface area contributed by atoms with Crippen molar-refractivity contribution < 1.29 is 23.7 Å². The highest BCUT2D eigenvalue weighted by atomic mass is 16.5. The lowest BCUT2D eigenvalue weighted by atomic mass is 10.0. The van der Waals surface area contributed by atoms with Gasteiger partial charge >= 0.3 is 5.97 Å². The first-order chi connectivity index (χ1) is 9.08. The summed E-state index contributed by atoms with van der Waals surface area (Å²) in [6, 6.07) is 3.51. The molecule has 1 rings (SSSR count). The second-order valence-electron chi connectivity index (χ2n) is 3.93. The zero-order valence-electron chi connectivity index (χ0n) is 12.0. The standard InChI is InChI=1S/C14H20O5/c1-6-19-14(15)9(2)10-7-11(16-3)13(18-5)12(8-10)17-4/h7-9H,6H2,1-5H3/t9-/m0/s1. The molecule has 0 saturated carbocycles. The largest absolute Gasteiger partial charge is 0.493 e. The van der Waals surface area contributed by atoms with E-state index in [0.29, 0.717) is 23.9 Å². The molecule has 5 heteroatoms. The van der Waals surface area contributed by atoms with Gasteiger partial charge in [0, 0.05) is 0 Å². The fourth-order valence-corrected chi connectivity index (χ4v) is 1.75. The molecule has 0 fully saturated rings. The molecule has 0 N–H and O–H groups in total. The molecule has 0 heterocycles. The van der Waals surface area contributed by atoms with Crippen molar-refractivity contribution >= 4 is 5.97 Å². The Balaban J connectivity index is 3.18. The van der Waals surface area contributed by atoms with Gasteiger partial charge in [-0.05, 0) is 31.5 Å². The van der Waals surface area contributed by atoms with Gasteiger partial charge in [0.1, 0.15) is 0 Å². The quantitative estimate of drug-likeness (QED) is 0.741. The van der Waals surface area contributed by atoms with Gasteiger partial charge in [0.05, 0.1) is 33.9 Å². The fourth-order valence-electron chi connectivity index (χ4n) is 1.75. The normalized spacial score (nSPS) is 11.6. The van der Waals surface area contributed by atoms with E-state index in [2.05, 4.69) is 0 Å². The Labute approximate surface area is 113 Å². The first-order valence-corrected chi connectivity index (χ1v) is 6.05. The molecule has 0 aliphatic rings. The van der Waals surface area contributed by atoms with Crippen LogP contribution in [0.3, 0.4) is 0 Å². The number of hydrogen-bond acceptors (Lipinski definition) is 5. The number of carbonyl (C=O) groups excluding carboxylic acids is 1. The number of rotatable bonds is 6. The van der Waals surface area contributed by atoms with Crippen molar-refractivity contribution in [1.29, 1.82) is 0 Å². The highest BCUT2D eigenvalue weighted by Gasteiger charge is 2.21. The number of carbonyl (C=O) groups is 1. The molecule has 0 saturated heterocycles. The summed E-state index contributed by atoms with van der Waals surface area (Å²) in [5.41, 5.74) is 0.757. The van der Waals surface area contributed by atoms with Gasteiger partial charge in [0.2, 0.25) is 5.75 Å². The highest BCUT2D eigenvalue weighted by Crippen LogP contribution is 2.40. The minimum atomic E-state index is -0.395. The van der Waals surface area contributed by atoms with Crippen molar-refractivity contribution in [2.24, 2.45) is 0 Å². The summed E-state index contributed by atoms with van der Waals surface area (Å²) in [6.07, 6.45) is 0. The summed E-state index contributed by atoms with van der Waals surface area (Å²) in [6.45, 7) is 3.91. The lowest BCUT2D eigenvalue weighted by Gasteiger charge is -2.16. The molecule has 0 aliphatic carbocycles. The third-order valence-corrected chi connectivity index (χ3v) is 2.83. The smallest absolute Gasteiger partial charge is 0.313 e. The van der Waals surface area contributed by atoms with Gasteiger partial charge in [-0.3, -0.25) is 4.79 Å². The van der Waals surface area contributed by atoms with Crippen molar-refractivity contribution in [1.82, 2.24) is 0 Å². The minimum Gasteiger partial charge on any atom is -0.493 e. The molecule has 0 radical (unpaired) electrons. The molecule has 1 aromatic carbocycles. The van der Waals surface area contributed by atoms with Crippen molar-refractivity contribution in [2.45, 2.75) is 19.8 Å². The fraction of sp³-hybridized carbons (Fsp3) is 0.500. The number of benzene rings is 1. The first-order valence-electron chi connectivity index (χ1n) is 6.05. The Kier molecular flexibility index (Phi) is 5.48.